The third-order valence-corrected chi connectivity index (χ3v) is 4.31. The molecule has 2 aromatic rings. The highest BCUT2D eigenvalue weighted by Crippen LogP contribution is 2.26. The van der Waals surface area contributed by atoms with E-state index in [1.54, 1.807) is 0 Å². The molecule has 1 N–H and O–H groups in total. The molecule has 1 saturated heterocycles. The van der Waals surface area contributed by atoms with Crippen LogP contribution in [0.4, 0.5) is 0 Å². The molecule has 1 atom stereocenters. The van der Waals surface area contributed by atoms with E-state index in [9.17, 15) is 4.79 Å². The van der Waals surface area contributed by atoms with Crippen LogP contribution in [0.15, 0.2) is 23.0 Å². The van der Waals surface area contributed by atoms with Gasteiger partial charge in [-0.25, -0.2) is 4.79 Å². The monoisotopic (exact) mass is 279 g/mol. The van der Waals surface area contributed by atoms with Crippen molar-refractivity contribution in [2.75, 3.05) is 19.6 Å². The molecule has 0 radical (unpaired) electrons. The van der Waals surface area contributed by atoms with Gasteiger partial charge in [-0.3, -0.25) is 4.57 Å². The molecule has 0 bridgehead atoms. The fourth-order valence-corrected chi connectivity index (χ4v) is 3.22. The van der Waals surface area contributed by atoms with Crippen LogP contribution >= 0.6 is 11.6 Å². The van der Waals surface area contributed by atoms with Crippen LogP contribution in [0.25, 0.3) is 11.0 Å². The van der Waals surface area contributed by atoms with Gasteiger partial charge in [-0.1, -0.05) is 24.6 Å². The predicted molar refractivity (Wildman–Crippen MR) is 78.0 cm³/mol. The number of benzene rings is 1. The molecule has 1 aromatic carbocycles. The zero-order valence-corrected chi connectivity index (χ0v) is 11.8. The van der Waals surface area contributed by atoms with Gasteiger partial charge in [-0.05, 0) is 38.1 Å². The number of halogens is 1. The molecule has 4 nitrogen and oxygen atoms in total. The minimum absolute atomic E-state index is 0.0500. The second-order valence-corrected chi connectivity index (χ2v) is 5.53. The minimum Gasteiger partial charge on any atom is -0.304 e. The van der Waals surface area contributed by atoms with Gasteiger partial charge in [0, 0.05) is 6.54 Å². The molecule has 3 rings (SSSR count). The van der Waals surface area contributed by atoms with Crippen molar-refractivity contribution in [3.05, 3.63) is 33.7 Å². The minimum atomic E-state index is -0.0500. The summed E-state index contributed by atoms with van der Waals surface area (Å²) in [6, 6.07) is 5.91. The summed E-state index contributed by atoms with van der Waals surface area (Å²) in [5.41, 5.74) is 1.62. The van der Waals surface area contributed by atoms with Crippen molar-refractivity contribution < 1.29 is 0 Å². The molecule has 1 aromatic heterocycles. The molecule has 2 heterocycles. The van der Waals surface area contributed by atoms with Crippen LogP contribution in [-0.2, 0) is 0 Å². The van der Waals surface area contributed by atoms with Crippen molar-refractivity contribution in [1.29, 1.82) is 0 Å². The number of imidazole rings is 1. The summed E-state index contributed by atoms with van der Waals surface area (Å²) < 4.78 is 1.88. The highest BCUT2D eigenvalue weighted by molar-refractivity contribution is 6.34. The lowest BCUT2D eigenvalue weighted by Crippen LogP contribution is -2.38. The summed E-state index contributed by atoms with van der Waals surface area (Å²) in [6.07, 6.45) is 2.19. The van der Waals surface area contributed by atoms with E-state index in [4.69, 9.17) is 11.6 Å². The molecule has 1 unspecified atom stereocenters. The lowest BCUT2D eigenvalue weighted by Gasteiger charge is -2.32. The number of para-hydroxylation sites is 1. The van der Waals surface area contributed by atoms with Gasteiger partial charge >= 0.3 is 5.69 Å². The Morgan fingerprint density at radius 3 is 3.11 bits per heavy atom. The summed E-state index contributed by atoms with van der Waals surface area (Å²) in [6.45, 7) is 5.27. The van der Waals surface area contributed by atoms with Crippen molar-refractivity contribution in [2.45, 2.75) is 25.8 Å². The third-order valence-electron chi connectivity index (χ3n) is 3.99. The summed E-state index contributed by atoms with van der Waals surface area (Å²) in [5.74, 6) is 0. The highest BCUT2D eigenvalue weighted by atomic mass is 35.5. The molecule has 102 valence electrons. The SMILES string of the molecule is CCN1CCCC(n2c(=O)[nH]c3c(Cl)cccc32)C1. The van der Waals surface area contributed by atoms with Crippen LogP contribution in [0.1, 0.15) is 25.8 Å². The van der Waals surface area contributed by atoms with Crippen LogP contribution in [0.3, 0.4) is 0 Å². The quantitative estimate of drug-likeness (QED) is 0.918. The number of piperidine rings is 1. The van der Waals surface area contributed by atoms with Gasteiger partial charge in [-0.15, -0.1) is 0 Å². The number of aromatic nitrogens is 2. The number of likely N-dealkylation sites (N-methyl/N-ethyl adjacent to an activating group) is 1. The second kappa shape index (κ2) is 5.02. The number of hydrogen-bond donors (Lipinski definition) is 1. The molecule has 19 heavy (non-hydrogen) atoms. The first-order chi connectivity index (χ1) is 9.20. The van der Waals surface area contributed by atoms with Gasteiger partial charge < -0.3 is 9.88 Å². The summed E-state index contributed by atoms with van der Waals surface area (Å²) >= 11 is 6.14. The molecular weight excluding hydrogens is 262 g/mol. The van der Waals surface area contributed by atoms with Crippen LogP contribution in [0.2, 0.25) is 5.02 Å². The Labute approximate surface area is 117 Å². The standard InChI is InChI=1S/C14H18ClN3O/c1-2-17-8-4-5-10(9-17)18-12-7-3-6-11(15)13(12)16-14(18)19/h3,6-7,10H,2,4-5,8-9H2,1H3,(H,16,19). The van der Waals surface area contributed by atoms with Crippen LogP contribution < -0.4 is 5.69 Å². The molecule has 0 spiro atoms. The van der Waals surface area contributed by atoms with E-state index >= 15 is 0 Å². The zero-order chi connectivity index (χ0) is 13.4. The lowest BCUT2D eigenvalue weighted by atomic mass is 10.1. The van der Waals surface area contributed by atoms with E-state index in [1.165, 1.54) is 0 Å². The third kappa shape index (κ3) is 2.19. The summed E-state index contributed by atoms with van der Waals surface area (Å²) in [7, 11) is 0. The number of aromatic amines is 1. The maximum absolute atomic E-state index is 12.2. The molecule has 1 fully saturated rings. The number of H-pyrrole nitrogens is 1. The average molecular weight is 280 g/mol. The Morgan fingerprint density at radius 2 is 2.32 bits per heavy atom. The van der Waals surface area contributed by atoms with Crippen LogP contribution in [0, 0.1) is 0 Å². The average Bonchev–Trinajstić information content (AvgIpc) is 2.77. The van der Waals surface area contributed by atoms with Crippen molar-refractivity contribution in [3.63, 3.8) is 0 Å². The molecular formula is C14H18ClN3O. The van der Waals surface area contributed by atoms with E-state index in [-0.39, 0.29) is 11.7 Å². The fraction of sp³-hybridized carbons (Fsp3) is 0.500. The number of fused-ring (bicyclic) bond motifs is 1. The van der Waals surface area contributed by atoms with E-state index in [0.717, 1.165) is 43.5 Å². The van der Waals surface area contributed by atoms with Crippen molar-refractivity contribution in [3.8, 4) is 0 Å². The maximum atomic E-state index is 12.2. The van der Waals surface area contributed by atoms with Gasteiger partial charge in [0.1, 0.15) is 0 Å². The lowest BCUT2D eigenvalue weighted by molar-refractivity contribution is 0.185. The van der Waals surface area contributed by atoms with Gasteiger partial charge in [0.05, 0.1) is 22.1 Å². The number of hydrogen-bond acceptors (Lipinski definition) is 2. The van der Waals surface area contributed by atoms with Gasteiger partial charge in [0.15, 0.2) is 0 Å². The molecule has 0 amide bonds. The first-order valence-corrected chi connectivity index (χ1v) is 7.19. The smallest absolute Gasteiger partial charge is 0.304 e. The first-order valence-electron chi connectivity index (χ1n) is 6.81. The fourth-order valence-electron chi connectivity index (χ4n) is 3.01. The molecule has 5 heteroatoms. The topological polar surface area (TPSA) is 41.0 Å². The number of likely N-dealkylation sites (tertiary alicyclic amines) is 1. The van der Waals surface area contributed by atoms with Crippen molar-refractivity contribution in [1.82, 2.24) is 14.5 Å². The Bertz CT molecular complexity index is 646. The Balaban J connectivity index is 2.07. The number of nitrogens with zero attached hydrogens (tertiary/aromatic N) is 2. The predicted octanol–water partition coefficient (Wildman–Crippen LogP) is 2.64. The van der Waals surface area contributed by atoms with Gasteiger partial charge in [-0.2, -0.15) is 0 Å². The van der Waals surface area contributed by atoms with E-state index in [0.29, 0.717) is 5.02 Å². The molecule has 1 aliphatic rings. The van der Waals surface area contributed by atoms with Crippen molar-refractivity contribution >= 4 is 22.6 Å². The van der Waals surface area contributed by atoms with Crippen LogP contribution in [-0.4, -0.2) is 34.1 Å². The molecule has 0 aliphatic carbocycles. The molecule has 1 aliphatic heterocycles. The van der Waals surface area contributed by atoms with Gasteiger partial charge in [0.2, 0.25) is 0 Å². The number of rotatable bonds is 2. The van der Waals surface area contributed by atoms with Gasteiger partial charge in [0.25, 0.3) is 0 Å². The normalized spacial score (nSPS) is 21.1. The maximum Gasteiger partial charge on any atom is 0.326 e. The van der Waals surface area contributed by atoms with E-state index in [2.05, 4.69) is 16.8 Å². The van der Waals surface area contributed by atoms with E-state index < -0.39 is 0 Å². The summed E-state index contributed by atoms with van der Waals surface area (Å²) in [5, 5.41) is 0.608. The Hall–Kier alpha value is -1.26. The molecule has 0 saturated carbocycles. The Kier molecular flexibility index (Phi) is 3.37. The number of nitrogens with one attached hydrogen (secondary N) is 1. The largest absolute Gasteiger partial charge is 0.326 e. The second-order valence-electron chi connectivity index (χ2n) is 5.12. The summed E-state index contributed by atoms with van der Waals surface area (Å²) in [4.78, 5) is 17.5. The first kappa shape index (κ1) is 12.8. The van der Waals surface area contributed by atoms with Crippen LogP contribution in [0.5, 0.6) is 0 Å². The Morgan fingerprint density at radius 1 is 1.47 bits per heavy atom. The van der Waals surface area contributed by atoms with E-state index in [1.807, 2.05) is 22.8 Å². The van der Waals surface area contributed by atoms with Crippen molar-refractivity contribution in [2.24, 2.45) is 0 Å². The zero-order valence-electron chi connectivity index (χ0n) is 11.0. The highest BCUT2D eigenvalue weighted by Gasteiger charge is 2.23.